The van der Waals surface area contributed by atoms with Crippen LogP contribution in [0.2, 0.25) is 0 Å². The summed E-state index contributed by atoms with van der Waals surface area (Å²) in [7, 11) is 0. The van der Waals surface area contributed by atoms with Gasteiger partial charge in [-0.05, 0) is 161 Å². The molecule has 67 heavy (non-hydrogen) atoms. The lowest BCUT2D eigenvalue weighted by Crippen LogP contribution is -2.28. The van der Waals surface area contributed by atoms with Crippen molar-refractivity contribution in [2.24, 2.45) is 0 Å². The Hall–Kier alpha value is -8.48. The molecule has 10 aromatic rings. The van der Waals surface area contributed by atoms with Crippen molar-refractivity contribution in [2.45, 2.75) is 31.1 Å². The second-order valence-electron chi connectivity index (χ2n) is 17.8. The normalized spacial score (nSPS) is 12.6. The summed E-state index contributed by atoms with van der Waals surface area (Å²) in [6.45, 7) is 0. The second kappa shape index (κ2) is 16.5. The summed E-state index contributed by atoms with van der Waals surface area (Å²) < 4.78 is 0. The van der Waals surface area contributed by atoms with E-state index >= 15 is 0 Å². The van der Waals surface area contributed by atoms with Crippen LogP contribution in [0, 0.1) is 0 Å². The van der Waals surface area contributed by atoms with Crippen molar-refractivity contribution in [3.8, 4) is 45.6 Å². The molecule has 0 radical (unpaired) electrons. The standard InChI is InChI=1S/C61H46O6/c62-47-19-9-37(10-20-47)29-43-33-41-35-45(17-27-51(41)55(59(43)66)31-39-13-23-49(64)24-14-39)61(57-7-3-1-5-53(57)54-6-2-4-8-58(54)61)46-18-28-52-42(36-46)34-44(30-38-11-21-48(63)22-12-38)60(67)56(52)32-40-15-25-50(65)26-16-40/h1-28,33-36,62-67H,29-32H2. The molecule has 0 spiro atoms. The van der Waals surface area contributed by atoms with Crippen molar-refractivity contribution in [1.29, 1.82) is 0 Å². The molecule has 6 nitrogen and oxygen atoms in total. The van der Waals surface area contributed by atoms with Gasteiger partial charge < -0.3 is 30.6 Å². The number of hydrogen-bond donors (Lipinski definition) is 6. The third-order valence-corrected chi connectivity index (χ3v) is 13.7. The van der Waals surface area contributed by atoms with Gasteiger partial charge in [0.25, 0.3) is 0 Å². The molecule has 0 heterocycles. The van der Waals surface area contributed by atoms with Gasteiger partial charge in [0, 0.05) is 36.8 Å². The molecule has 1 aliphatic carbocycles. The maximum Gasteiger partial charge on any atom is 0.123 e. The maximum absolute atomic E-state index is 12.1. The van der Waals surface area contributed by atoms with E-state index in [-0.39, 0.29) is 34.5 Å². The summed E-state index contributed by atoms with van der Waals surface area (Å²) in [6, 6.07) is 63.1. The van der Waals surface area contributed by atoms with Crippen LogP contribution in [0.3, 0.4) is 0 Å². The zero-order valence-electron chi connectivity index (χ0n) is 36.5. The van der Waals surface area contributed by atoms with E-state index in [0.717, 1.165) is 99.4 Å². The topological polar surface area (TPSA) is 121 Å². The van der Waals surface area contributed by atoms with E-state index < -0.39 is 5.41 Å². The highest BCUT2D eigenvalue weighted by Crippen LogP contribution is 2.57. The van der Waals surface area contributed by atoms with Crippen molar-refractivity contribution in [1.82, 2.24) is 0 Å². The molecular weight excluding hydrogens is 829 g/mol. The highest BCUT2D eigenvalue weighted by Gasteiger charge is 2.46. The van der Waals surface area contributed by atoms with E-state index in [9.17, 15) is 30.6 Å². The molecule has 6 heteroatoms. The third kappa shape index (κ3) is 7.33. The van der Waals surface area contributed by atoms with Crippen molar-refractivity contribution in [2.75, 3.05) is 0 Å². The van der Waals surface area contributed by atoms with E-state index in [1.54, 1.807) is 48.5 Å². The fourth-order valence-electron chi connectivity index (χ4n) is 10.5. The molecule has 6 N–H and O–H groups in total. The zero-order valence-corrected chi connectivity index (χ0v) is 36.5. The molecule has 0 fully saturated rings. The van der Waals surface area contributed by atoms with Gasteiger partial charge in [-0.2, -0.15) is 0 Å². The van der Waals surface area contributed by atoms with Crippen LogP contribution in [-0.4, -0.2) is 30.6 Å². The van der Waals surface area contributed by atoms with E-state index in [0.29, 0.717) is 25.7 Å². The summed E-state index contributed by atoms with van der Waals surface area (Å²) >= 11 is 0. The smallest absolute Gasteiger partial charge is 0.123 e. The molecule has 0 amide bonds. The quantitative estimate of drug-likeness (QED) is 0.0814. The van der Waals surface area contributed by atoms with Crippen LogP contribution in [0.5, 0.6) is 34.5 Å². The van der Waals surface area contributed by atoms with Crippen molar-refractivity contribution in [3.05, 3.63) is 261 Å². The molecule has 0 aromatic heterocycles. The van der Waals surface area contributed by atoms with Gasteiger partial charge in [-0.25, -0.2) is 0 Å². The first-order valence-electron chi connectivity index (χ1n) is 22.5. The lowest BCUT2D eigenvalue weighted by Gasteiger charge is -2.34. The molecule has 1 aliphatic rings. The Bertz CT molecular complexity index is 3270. The van der Waals surface area contributed by atoms with E-state index in [4.69, 9.17) is 0 Å². The van der Waals surface area contributed by atoms with Crippen molar-refractivity contribution >= 4 is 21.5 Å². The molecule has 0 saturated carbocycles. The highest BCUT2D eigenvalue weighted by molar-refractivity contribution is 5.95. The average molecular weight is 875 g/mol. The van der Waals surface area contributed by atoms with E-state index in [1.807, 2.05) is 48.5 Å². The predicted octanol–water partition coefficient (Wildman–Crippen LogP) is 13.0. The number of hydrogen-bond acceptors (Lipinski definition) is 6. The molecule has 11 rings (SSSR count). The van der Waals surface area contributed by atoms with E-state index in [1.165, 1.54) is 0 Å². The lowest BCUT2D eigenvalue weighted by molar-refractivity contribution is 0.464. The van der Waals surface area contributed by atoms with Gasteiger partial charge in [-0.3, -0.25) is 0 Å². The largest absolute Gasteiger partial charge is 0.508 e. The minimum absolute atomic E-state index is 0.179. The van der Waals surface area contributed by atoms with Gasteiger partial charge in [0.05, 0.1) is 5.41 Å². The number of fused-ring (bicyclic) bond motifs is 5. The minimum atomic E-state index is -0.784. The first kappa shape index (κ1) is 41.2. The van der Waals surface area contributed by atoms with Gasteiger partial charge in [0.1, 0.15) is 34.5 Å². The molecule has 10 aromatic carbocycles. The number of phenols is 6. The Balaban J connectivity index is 1.15. The fourth-order valence-corrected chi connectivity index (χ4v) is 10.5. The number of benzene rings is 10. The molecular formula is C61H46O6. The van der Waals surface area contributed by atoms with Crippen molar-refractivity contribution < 1.29 is 30.6 Å². The van der Waals surface area contributed by atoms with Gasteiger partial charge in [-0.1, -0.05) is 121 Å². The van der Waals surface area contributed by atoms with Crippen LogP contribution >= 0.6 is 0 Å². The van der Waals surface area contributed by atoms with Crippen LogP contribution in [-0.2, 0) is 31.1 Å². The summed E-state index contributed by atoms with van der Waals surface area (Å²) in [4.78, 5) is 0. The Morgan fingerprint density at radius 2 is 0.642 bits per heavy atom. The summed E-state index contributed by atoms with van der Waals surface area (Å²) in [5, 5.41) is 68.4. The number of phenolic OH excluding ortho intramolecular Hbond substituents is 6. The van der Waals surface area contributed by atoms with Crippen LogP contribution in [0.15, 0.2) is 194 Å². The summed E-state index contributed by atoms with van der Waals surface area (Å²) in [5.74, 6) is 1.16. The molecule has 0 atom stereocenters. The first-order chi connectivity index (χ1) is 32.6. The Morgan fingerprint density at radius 3 is 1.00 bits per heavy atom. The minimum Gasteiger partial charge on any atom is -0.508 e. The fraction of sp³-hybridized carbons (Fsp3) is 0.0820. The van der Waals surface area contributed by atoms with Crippen LogP contribution in [0.1, 0.15) is 66.8 Å². The van der Waals surface area contributed by atoms with Crippen LogP contribution < -0.4 is 0 Å². The summed E-state index contributed by atoms with van der Waals surface area (Å²) in [6.07, 6.45) is 1.78. The van der Waals surface area contributed by atoms with Gasteiger partial charge >= 0.3 is 0 Å². The summed E-state index contributed by atoms with van der Waals surface area (Å²) in [5.41, 5.74) is 12.8. The second-order valence-corrected chi connectivity index (χ2v) is 17.8. The first-order valence-corrected chi connectivity index (χ1v) is 22.5. The highest BCUT2D eigenvalue weighted by atomic mass is 16.3. The van der Waals surface area contributed by atoms with Crippen LogP contribution in [0.25, 0.3) is 32.7 Å². The van der Waals surface area contributed by atoms with E-state index in [2.05, 4.69) is 97.1 Å². The number of rotatable bonds is 10. The maximum atomic E-state index is 12.1. The number of aromatic hydroxyl groups is 6. The monoisotopic (exact) mass is 874 g/mol. The average Bonchev–Trinajstić information content (AvgIpc) is 3.65. The molecule has 0 aliphatic heterocycles. The lowest BCUT2D eigenvalue weighted by atomic mass is 9.67. The zero-order chi connectivity index (χ0) is 45.8. The SMILES string of the molecule is Oc1ccc(Cc2cc3cc(C4(c5ccc6c(Cc7ccc(O)cc7)c(O)c(Cc7ccc(O)cc7)cc6c5)c5ccccc5-c5ccccc54)ccc3c(Cc3ccc(O)cc3)c2O)cc1. The van der Waals surface area contributed by atoms with Crippen molar-refractivity contribution in [3.63, 3.8) is 0 Å². The Kier molecular flexibility index (Phi) is 10.2. The molecule has 0 saturated heterocycles. The third-order valence-electron chi connectivity index (χ3n) is 13.7. The van der Waals surface area contributed by atoms with Gasteiger partial charge in [0.2, 0.25) is 0 Å². The van der Waals surface area contributed by atoms with Gasteiger partial charge in [0.15, 0.2) is 0 Å². The molecule has 0 unspecified atom stereocenters. The predicted molar refractivity (Wildman–Crippen MR) is 266 cm³/mol. The van der Waals surface area contributed by atoms with Gasteiger partial charge in [-0.15, -0.1) is 0 Å². The Labute approximate surface area is 388 Å². The Morgan fingerprint density at radius 1 is 0.313 bits per heavy atom. The molecule has 326 valence electrons. The molecule has 0 bridgehead atoms. The van der Waals surface area contributed by atoms with Crippen LogP contribution in [0.4, 0.5) is 0 Å².